The van der Waals surface area contributed by atoms with Crippen molar-refractivity contribution in [3.05, 3.63) is 54.1 Å². The highest BCUT2D eigenvalue weighted by Crippen LogP contribution is 2.43. The van der Waals surface area contributed by atoms with Gasteiger partial charge in [-0.15, -0.1) is 0 Å². The molecule has 162 valence electrons. The van der Waals surface area contributed by atoms with Crippen LogP contribution in [0, 0.1) is 5.92 Å². The van der Waals surface area contributed by atoms with E-state index in [2.05, 4.69) is 6.92 Å². The summed E-state index contributed by atoms with van der Waals surface area (Å²) in [5.41, 5.74) is 2.38. The Labute approximate surface area is 181 Å². The first-order valence-corrected chi connectivity index (χ1v) is 10.7. The van der Waals surface area contributed by atoms with E-state index in [0.717, 1.165) is 29.4 Å². The van der Waals surface area contributed by atoms with Gasteiger partial charge in [-0.2, -0.15) is 0 Å². The molecule has 2 atom stereocenters. The van der Waals surface area contributed by atoms with Gasteiger partial charge in [-0.05, 0) is 31.5 Å². The molecular weight excluding hydrogens is 394 g/mol. The number of hydrogen-bond donors (Lipinski definition) is 0. The van der Waals surface area contributed by atoms with Gasteiger partial charge in [0.05, 0.1) is 30.8 Å². The van der Waals surface area contributed by atoms with E-state index in [0.29, 0.717) is 18.2 Å². The molecule has 0 saturated carbocycles. The zero-order valence-electron chi connectivity index (χ0n) is 18.1. The van der Waals surface area contributed by atoms with Crippen LogP contribution in [0.4, 0.5) is 5.95 Å². The van der Waals surface area contributed by atoms with Gasteiger partial charge in [0.2, 0.25) is 11.9 Å². The molecule has 1 amide bonds. The second-order valence-electron chi connectivity index (χ2n) is 7.53. The van der Waals surface area contributed by atoms with Crippen LogP contribution in [0.15, 0.2) is 48.5 Å². The van der Waals surface area contributed by atoms with Gasteiger partial charge in [0.25, 0.3) is 0 Å². The van der Waals surface area contributed by atoms with Crippen LogP contribution in [0.1, 0.15) is 38.3 Å². The van der Waals surface area contributed by atoms with E-state index in [9.17, 15) is 9.59 Å². The molecule has 2 aromatic carbocycles. The van der Waals surface area contributed by atoms with Crippen molar-refractivity contribution in [2.75, 3.05) is 25.2 Å². The Balaban J connectivity index is 2.01. The molecule has 0 saturated heterocycles. The third-order valence-corrected chi connectivity index (χ3v) is 5.68. The van der Waals surface area contributed by atoms with Crippen molar-refractivity contribution < 1.29 is 19.1 Å². The first-order chi connectivity index (χ1) is 15.1. The van der Waals surface area contributed by atoms with E-state index in [1.165, 1.54) is 0 Å². The fourth-order valence-corrected chi connectivity index (χ4v) is 4.26. The van der Waals surface area contributed by atoms with Crippen LogP contribution in [-0.4, -0.2) is 41.7 Å². The Bertz CT molecular complexity index is 1110. The van der Waals surface area contributed by atoms with Crippen LogP contribution in [0.5, 0.6) is 5.75 Å². The Kier molecular flexibility index (Phi) is 5.93. The summed E-state index contributed by atoms with van der Waals surface area (Å²) in [5, 5.41) is 0. The average Bonchev–Trinajstić information content (AvgIpc) is 3.17. The predicted octanol–water partition coefficient (Wildman–Crippen LogP) is 3.96. The first kappa shape index (κ1) is 20.9. The van der Waals surface area contributed by atoms with Crippen molar-refractivity contribution in [3.63, 3.8) is 0 Å². The predicted molar refractivity (Wildman–Crippen MR) is 118 cm³/mol. The summed E-state index contributed by atoms with van der Waals surface area (Å²) in [4.78, 5) is 33.3. The average molecular weight is 421 g/mol. The van der Waals surface area contributed by atoms with Crippen molar-refractivity contribution >= 4 is 28.9 Å². The summed E-state index contributed by atoms with van der Waals surface area (Å²) < 4.78 is 13.0. The molecule has 31 heavy (non-hydrogen) atoms. The molecule has 0 fully saturated rings. The number of fused-ring (bicyclic) bond motifs is 3. The third-order valence-electron chi connectivity index (χ3n) is 5.68. The second kappa shape index (κ2) is 8.79. The lowest BCUT2D eigenvalue weighted by Crippen LogP contribution is -2.50. The summed E-state index contributed by atoms with van der Waals surface area (Å²) >= 11 is 0. The summed E-state index contributed by atoms with van der Waals surface area (Å²) in [5.74, 6) is -0.686. The maximum absolute atomic E-state index is 13.7. The van der Waals surface area contributed by atoms with Crippen LogP contribution in [0.25, 0.3) is 11.0 Å². The molecule has 1 aromatic heterocycles. The van der Waals surface area contributed by atoms with Gasteiger partial charge in [0.15, 0.2) is 5.92 Å². The summed E-state index contributed by atoms with van der Waals surface area (Å²) in [6.07, 6.45) is 1.73. The van der Waals surface area contributed by atoms with Gasteiger partial charge < -0.3 is 14.0 Å². The number of ether oxygens (including phenoxy) is 2. The zero-order valence-corrected chi connectivity index (χ0v) is 18.1. The van der Waals surface area contributed by atoms with Gasteiger partial charge in [-0.25, -0.2) is 4.98 Å². The summed E-state index contributed by atoms with van der Waals surface area (Å²) in [6, 6.07) is 14.6. The van der Waals surface area contributed by atoms with E-state index in [4.69, 9.17) is 14.5 Å². The number of aromatic nitrogens is 2. The monoisotopic (exact) mass is 421 g/mol. The van der Waals surface area contributed by atoms with Gasteiger partial charge in [-0.3, -0.25) is 14.5 Å². The fourth-order valence-electron chi connectivity index (χ4n) is 4.26. The van der Waals surface area contributed by atoms with Crippen LogP contribution < -0.4 is 9.64 Å². The SMILES string of the molecule is CCCCN1C(=O)[C@H](C(=O)OCC)[C@H](c2ccccc2OC)n2c1nc1ccccc12. The van der Waals surface area contributed by atoms with E-state index >= 15 is 0 Å². The van der Waals surface area contributed by atoms with Gasteiger partial charge in [0, 0.05) is 12.1 Å². The number of imidazole rings is 1. The number of carbonyl (C=O) groups excluding carboxylic acids is 2. The molecule has 7 nitrogen and oxygen atoms in total. The van der Waals surface area contributed by atoms with Crippen LogP contribution >= 0.6 is 0 Å². The Hall–Kier alpha value is -3.35. The number of para-hydroxylation sites is 3. The lowest BCUT2D eigenvalue weighted by Gasteiger charge is -2.38. The topological polar surface area (TPSA) is 73.7 Å². The molecule has 0 spiro atoms. The molecule has 0 bridgehead atoms. The fraction of sp³-hybridized carbons (Fsp3) is 0.375. The highest BCUT2D eigenvalue weighted by molar-refractivity contribution is 6.08. The second-order valence-corrected chi connectivity index (χ2v) is 7.53. The number of hydrogen-bond acceptors (Lipinski definition) is 5. The number of carbonyl (C=O) groups is 2. The molecular formula is C24H27N3O4. The number of benzene rings is 2. The number of rotatable bonds is 7. The molecule has 2 heterocycles. The van der Waals surface area contributed by atoms with Crippen molar-refractivity contribution in [2.45, 2.75) is 32.7 Å². The minimum absolute atomic E-state index is 0.202. The third kappa shape index (κ3) is 3.54. The van der Waals surface area contributed by atoms with Crippen LogP contribution in [0.3, 0.4) is 0 Å². The molecule has 3 aromatic rings. The quantitative estimate of drug-likeness (QED) is 0.426. The number of methoxy groups -OCH3 is 1. The maximum Gasteiger partial charge on any atom is 0.321 e. The van der Waals surface area contributed by atoms with E-state index < -0.39 is 17.9 Å². The molecule has 0 aliphatic carbocycles. The molecule has 7 heteroatoms. The van der Waals surface area contributed by atoms with Gasteiger partial charge >= 0.3 is 5.97 Å². The minimum Gasteiger partial charge on any atom is -0.496 e. The van der Waals surface area contributed by atoms with Crippen molar-refractivity contribution in [1.29, 1.82) is 0 Å². The van der Waals surface area contributed by atoms with Crippen LogP contribution in [-0.2, 0) is 14.3 Å². The van der Waals surface area contributed by atoms with Crippen LogP contribution in [0.2, 0.25) is 0 Å². The lowest BCUT2D eigenvalue weighted by atomic mass is 9.88. The molecule has 0 N–H and O–H groups in total. The normalized spacial score (nSPS) is 18.2. The number of anilines is 1. The number of esters is 1. The Morgan fingerprint density at radius 2 is 1.84 bits per heavy atom. The summed E-state index contributed by atoms with van der Waals surface area (Å²) in [6.45, 7) is 4.51. The Morgan fingerprint density at radius 1 is 1.10 bits per heavy atom. The number of unbranched alkanes of at least 4 members (excludes halogenated alkanes) is 1. The molecule has 1 aliphatic rings. The molecule has 0 unspecified atom stereocenters. The first-order valence-electron chi connectivity index (χ1n) is 10.7. The Morgan fingerprint density at radius 3 is 2.58 bits per heavy atom. The number of amides is 1. The highest BCUT2D eigenvalue weighted by Gasteiger charge is 2.48. The van der Waals surface area contributed by atoms with Gasteiger partial charge in [-0.1, -0.05) is 43.7 Å². The van der Waals surface area contributed by atoms with Gasteiger partial charge in [0.1, 0.15) is 5.75 Å². The maximum atomic E-state index is 13.7. The largest absolute Gasteiger partial charge is 0.496 e. The van der Waals surface area contributed by atoms with E-state index in [-0.39, 0.29) is 12.5 Å². The van der Waals surface area contributed by atoms with Crippen molar-refractivity contribution in [2.24, 2.45) is 5.92 Å². The smallest absolute Gasteiger partial charge is 0.321 e. The molecule has 0 radical (unpaired) electrons. The highest BCUT2D eigenvalue weighted by atomic mass is 16.5. The van der Waals surface area contributed by atoms with Crippen molar-refractivity contribution in [3.8, 4) is 5.75 Å². The lowest BCUT2D eigenvalue weighted by molar-refractivity contribution is -0.153. The molecule has 4 rings (SSSR count). The van der Waals surface area contributed by atoms with E-state index in [1.54, 1.807) is 18.9 Å². The molecule has 1 aliphatic heterocycles. The zero-order chi connectivity index (χ0) is 22.0. The van der Waals surface area contributed by atoms with Crippen molar-refractivity contribution in [1.82, 2.24) is 9.55 Å². The number of nitrogens with zero attached hydrogens (tertiary/aromatic N) is 3. The summed E-state index contributed by atoms with van der Waals surface area (Å²) in [7, 11) is 1.59. The minimum atomic E-state index is -1.03. The standard InChI is InChI=1S/C24H27N3O4/c1-4-6-15-26-22(28)20(23(29)31-5-2)21(16-11-7-10-14-19(16)30-3)27-18-13-9-8-12-17(18)25-24(26)27/h7-14,20-21H,4-6,15H2,1-3H3/t20-,21+/m1/s1. The van der Waals surface area contributed by atoms with E-state index in [1.807, 2.05) is 53.1 Å².